The van der Waals surface area contributed by atoms with Gasteiger partial charge in [-0.25, -0.2) is 16.8 Å². The van der Waals surface area contributed by atoms with Gasteiger partial charge in [-0.05, 0) is 57.0 Å². The summed E-state index contributed by atoms with van der Waals surface area (Å²) in [6.07, 6.45) is 0.891. The predicted molar refractivity (Wildman–Crippen MR) is 81.4 cm³/mol. The van der Waals surface area contributed by atoms with Gasteiger partial charge in [0.15, 0.2) is 19.7 Å². The van der Waals surface area contributed by atoms with Gasteiger partial charge < -0.3 is 0 Å². The van der Waals surface area contributed by atoms with Crippen molar-refractivity contribution in [2.24, 2.45) is 0 Å². The Balaban J connectivity index is 3.93. The molecule has 0 amide bonds. The van der Waals surface area contributed by atoms with Crippen LogP contribution < -0.4 is 0 Å². The second-order valence-corrected chi connectivity index (χ2v) is 10.8. The Hall–Kier alpha value is -0.920. The summed E-state index contributed by atoms with van der Waals surface area (Å²) >= 11 is 5.40. The number of aryl methyl sites for hydroxylation is 1. The summed E-state index contributed by atoms with van der Waals surface area (Å²) in [5.74, 6) is 0. The van der Waals surface area contributed by atoms with E-state index in [1.54, 1.807) is 0 Å². The zero-order chi connectivity index (χ0) is 16.8. The molecule has 8 heteroatoms. The highest BCUT2D eigenvalue weighted by atomic mass is 35.5. The van der Waals surface area contributed by atoms with Gasteiger partial charge in [0, 0.05) is 11.8 Å². The van der Waals surface area contributed by atoms with Crippen molar-refractivity contribution in [3.8, 4) is 0 Å². The third kappa shape index (κ3) is 3.46. The summed E-state index contributed by atoms with van der Waals surface area (Å²) in [7, 11) is -7.73. The zero-order valence-electron chi connectivity index (χ0n) is 12.4. The lowest BCUT2D eigenvalue weighted by molar-refractivity contribution is 0.108. The molecule has 0 saturated heterocycles. The van der Waals surface area contributed by atoms with Crippen LogP contribution in [-0.4, -0.2) is 33.1 Å². The third-order valence-electron chi connectivity index (χ3n) is 3.00. The lowest BCUT2D eigenvalue weighted by atomic mass is 10.1. The van der Waals surface area contributed by atoms with Crippen LogP contribution in [0.5, 0.6) is 0 Å². The monoisotopic (exact) mass is 352 g/mol. The minimum atomic E-state index is -3.89. The van der Waals surface area contributed by atoms with E-state index in [1.807, 2.05) is 0 Å². The maximum Gasteiger partial charge on any atom is 0.252 e. The van der Waals surface area contributed by atoms with Crippen molar-refractivity contribution in [3.05, 3.63) is 23.3 Å². The summed E-state index contributed by atoms with van der Waals surface area (Å²) in [5, 5.41) is -0.836. The average Bonchev–Trinajstić information content (AvgIpc) is 2.24. The molecule has 0 spiro atoms. The molecule has 1 aromatic rings. The van der Waals surface area contributed by atoms with Crippen LogP contribution >= 0.6 is 11.6 Å². The molecule has 0 radical (unpaired) electrons. The van der Waals surface area contributed by atoms with Crippen LogP contribution in [0.25, 0.3) is 0 Å². The number of carbonyl (C=O) groups is 1. The van der Waals surface area contributed by atoms with Gasteiger partial charge in [0.25, 0.3) is 5.24 Å². The summed E-state index contributed by atoms with van der Waals surface area (Å²) in [6.45, 7) is 5.93. The van der Waals surface area contributed by atoms with Crippen LogP contribution in [0.1, 0.15) is 36.7 Å². The highest BCUT2D eigenvalue weighted by molar-refractivity contribution is 7.95. The Morgan fingerprint density at radius 2 is 1.52 bits per heavy atom. The zero-order valence-corrected chi connectivity index (χ0v) is 14.8. The van der Waals surface area contributed by atoms with Crippen LogP contribution in [0.15, 0.2) is 21.9 Å². The van der Waals surface area contributed by atoms with Gasteiger partial charge in [-0.3, -0.25) is 4.79 Å². The summed E-state index contributed by atoms with van der Waals surface area (Å²) in [4.78, 5) is 10.6. The molecule has 118 valence electrons. The first-order valence-electron chi connectivity index (χ1n) is 5.99. The SMILES string of the molecule is Cc1cc(S(=O)(=O)C(C)(C)C)c(S(C)(=O)=O)cc1C(=O)Cl. The molecule has 21 heavy (non-hydrogen) atoms. The summed E-state index contributed by atoms with van der Waals surface area (Å²) in [5.41, 5.74) is 0.287. The minimum Gasteiger partial charge on any atom is -0.276 e. The van der Waals surface area contributed by atoms with Gasteiger partial charge in [-0.2, -0.15) is 0 Å². The Bertz CT molecular complexity index is 800. The molecule has 0 bridgehead atoms. The van der Waals surface area contributed by atoms with Crippen molar-refractivity contribution in [1.29, 1.82) is 0 Å². The van der Waals surface area contributed by atoms with Crippen LogP contribution in [0.3, 0.4) is 0 Å². The number of hydrogen-bond acceptors (Lipinski definition) is 5. The maximum absolute atomic E-state index is 12.6. The average molecular weight is 353 g/mol. The standard InChI is InChI=1S/C13H17ClO5S2/c1-8-6-11(21(18,19)13(2,3)4)10(20(5,16)17)7-9(8)12(14)15/h6-7H,1-5H3. The van der Waals surface area contributed by atoms with Gasteiger partial charge in [0.1, 0.15) is 0 Å². The minimum absolute atomic E-state index is 0.0232. The van der Waals surface area contributed by atoms with Crippen molar-refractivity contribution in [3.63, 3.8) is 0 Å². The van der Waals surface area contributed by atoms with Crippen LogP contribution in [0.2, 0.25) is 0 Å². The summed E-state index contributed by atoms with van der Waals surface area (Å²) in [6, 6.07) is 2.21. The van der Waals surface area contributed by atoms with E-state index in [0.717, 1.165) is 12.3 Å². The van der Waals surface area contributed by atoms with E-state index in [0.29, 0.717) is 5.56 Å². The highest BCUT2D eigenvalue weighted by Crippen LogP contribution is 2.32. The molecule has 0 aliphatic heterocycles. The first kappa shape index (κ1) is 18.1. The quantitative estimate of drug-likeness (QED) is 0.779. The van der Waals surface area contributed by atoms with E-state index in [-0.39, 0.29) is 10.5 Å². The van der Waals surface area contributed by atoms with Crippen molar-refractivity contribution in [1.82, 2.24) is 0 Å². The first-order chi connectivity index (χ1) is 9.19. The largest absolute Gasteiger partial charge is 0.276 e. The third-order valence-corrected chi connectivity index (χ3v) is 7.00. The molecule has 0 aromatic heterocycles. The second kappa shape index (κ2) is 5.37. The Kier molecular flexibility index (Phi) is 4.64. The highest BCUT2D eigenvalue weighted by Gasteiger charge is 2.35. The van der Waals surface area contributed by atoms with Gasteiger partial charge in [0.2, 0.25) is 0 Å². The van der Waals surface area contributed by atoms with Gasteiger partial charge in [0.05, 0.1) is 14.5 Å². The molecule has 0 fully saturated rings. The molecule has 0 N–H and O–H groups in total. The number of benzene rings is 1. The van der Waals surface area contributed by atoms with Crippen LogP contribution in [-0.2, 0) is 19.7 Å². The Morgan fingerprint density at radius 3 is 1.86 bits per heavy atom. The fourth-order valence-electron chi connectivity index (χ4n) is 1.70. The van der Waals surface area contributed by atoms with E-state index in [9.17, 15) is 21.6 Å². The van der Waals surface area contributed by atoms with E-state index in [2.05, 4.69) is 0 Å². The molecule has 0 saturated carbocycles. The van der Waals surface area contributed by atoms with E-state index < -0.39 is 34.6 Å². The van der Waals surface area contributed by atoms with Crippen molar-refractivity contribution >= 4 is 36.5 Å². The first-order valence-corrected chi connectivity index (χ1v) is 9.74. The molecule has 0 atom stereocenters. The van der Waals surface area contributed by atoms with E-state index in [4.69, 9.17) is 11.6 Å². The number of hydrogen-bond donors (Lipinski definition) is 0. The maximum atomic E-state index is 12.6. The smallest absolute Gasteiger partial charge is 0.252 e. The van der Waals surface area contributed by atoms with Gasteiger partial charge >= 0.3 is 0 Å². The number of halogens is 1. The molecular formula is C13H17ClO5S2. The molecule has 5 nitrogen and oxygen atoms in total. The number of sulfone groups is 2. The topological polar surface area (TPSA) is 85.3 Å². The molecule has 1 rings (SSSR count). The number of carbonyl (C=O) groups excluding carboxylic acids is 1. The Morgan fingerprint density at radius 1 is 1.05 bits per heavy atom. The van der Waals surface area contributed by atoms with Crippen LogP contribution in [0.4, 0.5) is 0 Å². The molecule has 0 aliphatic rings. The molecule has 0 heterocycles. The van der Waals surface area contributed by atoms with Crippen molar-refractivity contribution < 1.29 is 21.6 Å². The lowest BCUT2D eigenvalue weighted by Gasteiger charge is -2.22. The molecule has 1 aromatic carbocycles. The van der Waals surface area contributed by atoms with E-state index >= 15 is 0 Å². The lowest BCUT2D eigenvalue weighted by Crippen LogP contribution is -2.29. The van der Waals surface area contributed by atoms with E-state index in [1.165, 1.54) is 33.8 Å². The van der Waals surface area contributed by atoms with Gasteiger partial charge in [-0.15, -0.1) is 0 Å². The molecule has 0 unspecified atom stereocenters. The molecule has 0 aliphatic carbocycles. The summed E-state index contributed by atoms with van der Waals surface area (Å²) < 4.78 is 47.8. The second-order valence-electron chi connectivity index (χ2n) is 5.78. The normalized spacial score (nSPS) is 13.2. The van der Waals surface area contributed by atoms with Crippen molar-refractivity contribution in [2.45, 2.75) is 42.2 Å². The van der Waals surface area contributed by atoms with Gasteiger partial charge in [-0.1, -0.05) is 0 Å². The fourth-order valence-corrected chi connectivity index (χ4v) is 4.76. The molecular weight excluding hydrogens is 336 g/mol. The fraction of sp³-hybridized carbons (Fsp3) is 0.462. The van der Waals surface area contributed by atoms with Crippen LogP contribution in [0, 0.1) is 6.92 Å². The predicted octanol–water partition coefficient (Wildman–Crippen LogP) is 2.35. The van der Waals surface area contributed by atoms with Crippen molar-refractivity contribution in [2.75, 3.05) is 6.26 Å². The number of rotatable bonds is 3. The Labute approximate surface area is 130 Å².